The van der Waals surface area contributed by atoms with Crippen LogP contribution in [0.3, 0.4) is 0 Å². The van der Waals surface area contributed by atoms with Crippen LogP contribution in [0.5, 0.6) is 0 Å². The summed E-state index contributed by atoms with van der Waals surface area (Å²) in [6.45, 7) is 8.40. The SMILES string of the molecule is C=CC[C@H](N[C@H](c1ccccc1)[C@@H](OC)c1ccccc1)C(C)C. The molecule has 128 valence electrons. The van der Waals surface area contributed by atoms with Crippen molar-refractivity contribution in [3.05, 3.63) is 84.4 Å². The Kier molecular flexibility index (Phi) is 7.23. The third-order valence-corrected chi connectivity index (χ3v) is 4.46. The first-order valence-electron chi connectivity index (χ1n) is 8.67. The molecule has 2 heteroatoms. The highest BCUT2D eigenvalue weighted by Crippen LogP contribution is 2.33. The summed E-state index contributed by atoms with van der Waals surface area (Å²) in [7, 11) is 1.78. The van der Waals surface area contributed by atoms with Crippen LogP contribution in [0.15, 0.2) is 73.3 Å². The zero-order valence-corrected chi connectivity index (χ0v) is 15.0. The molecule has 2 nitrogen and oxygen atoms in total. The maximum atomic E-state index is 5.92. The molecule has 1 N–H and O–H groups in total. The van der Waals surface area contributed by atoms with Gasteiger partial charge < -0.3 is 10.1 Å². The average molecular weight is 323 g/mol. The number of rotatable bonds is 9. The van der Waals surface area contributed by atoms with Crippen LogP contribution in [0, 0.1) is 5.92 Å². The number of methoxy groups -OCH3 is 1. The van der Waals surface area contributed by atoms with Crippen molar-refractivity contribution in [2.24, 2.45) is 5.92 Å². The van der Waals surface area contributed by atoms with Crippen molar-refractivity contribution in [3.63, 3.8) is 0 Å². The number of nitrogens with one attached hydrogen (secondary N) is 1. The van der Waals surface area contributed by atoms with E-state index in [2.05, 4.69) is 80.3 Å². The molecule has 0 aromatic heterocycles. The van der Waals surface area contributed by atoms with Crippen molar-refractivity contribution in [3.8, 4) is 0 Å². The van der Waals surface area contributed by atoms with Crippen molar-refractivity contribution >= 4 is 0 Å². The lowest BCUT2D eigenvalue weighted by Crippen LogP contribution is -2.39. The van der Waals surface area contributed by atoms with Crippen molar-refractivity contribution in [2.75, 3.05) is 7.11 Å². The zero-order valence-electron chi connectivity index (χ0n) is 15.0. The Labute approximate surface area is 146 Å². The van der Waals surface area contributed by atoms with Gasteiger partial charge in [-0.3, -0.25) is 0 Å². The minimum absolute atomic E-state index is 0.0420. The molecule has 0 radical (unpaired) electrons. The van der Waals surface area contributed by atoms with E-state index in [1.165, 1.54) is 11.1 Å². The summed E-state index contributed by atoms with van der Waals surface area (Å²) in [6, 6.07) is 21.4. The van der Waals surface area contributed by atoms with Crippen LogP contribution < -0.4 is 5.32 Å². The zero-order chi connectivity index (χ0) is 17.4. The highest BCUT2D eigenvalue weighted by Gasteiger charge is 2.27. The van der Waals surface area contributed by atoms with Crippen LogP contribution in [0.2, 0.25) is 0 Å². The standard InChI is InChI=1S/C22H29NO/c1-5-12-20(17(2)3)23-21(18-13-8-6-9-14-18)22(24-4)19-15-10-7-11-16-19/h5-11,13-17,20-23H,1,12H2,2-4H3/t20-,21+,22-/m0/s1. The van der Waals surface area contributed by atoms with Gasteiger partial charge in [-0.2, -0.15) is 0 Å². The fourth-order valence-electron chi connectivity index (χ4n) is 3.07. The fourth-order valence-corrected chi connectivity index (χ4v) is 3.07. The highest BCUT2D eigenvalue weighted by molar-refractivity contribution is 5.26. The minimum atomic E-state index is -0.0420. The molecule has 3 atom stereocenters. The molecular formula is C22H29NO. The second-order valence-corrected chi connectivity index (χ2v) is 6.50. The molecule has 2 rings (SSSR count). The molecule has 0 spiro atoms. The van der Waals surface area contributed by atoms with E-state index >= 15 is 0 Å². The Balaban J connectivity index is 2.36. The van der Waals surface area contributed by atoms with Gasteiger partial charge in [-0.05, 0) is 23.5 Å². The largest absolute Gasteiger partial charge is 0.375 e. The van der Waals surface area contributed by atoms with Gasteiger partial charge in [0.05, 0.1) is 6.04 Å². The van der Waals surface area contributed by atoms with Crippen LogP contribution in [0.25, 0.3) is 0 Å². The number of hydrogen-bond acceptors (Lipinski definition) is 2. The summed E-state index contributed by atoms with van der Waals surface area (Å²) in [5.41, 5.74) is 2.42. The summed E-state index contributed by atoms with van der Waals surface area (Å²) < 4.78 is 5.92. The normalized spacial score (nSPS) is 15.0. The molecule has 0 saturated heterocycles. The molecule has 0 aliphatic rings. The van der Waals surface area contributed by atoms with E-state index in [1.54, 1.807) is 7.11 Å². The van der Waals surface area contributed by atoms with Gasteiger partial charge in [0.15, 0.2) is 0 Å². The van der Waals surface area contributed by atoms with E-state index < -0.39 is 0 Å². The van der Waals surface area contributed by atoms with Crippen LogP contribution in [0.4, 0.5) is 0 Å². The van der Waals surface area contributed by atoms with Gasteiger partial charge in [0.2, 0.25) is 0 Å². The number of ether oxygens (including phenoxy) is 1. The van der Waals surface area contributed by atoms with E-state index in [9.17, 15) is 0 Å². The topological polar surface area (TPSA) is 21.3 Å². The van der Waals surface area contributed by atoms with Gasteiger partial charge >= 0.3 is 0 Å². The molecule has 0 fully saturated rings. The summed E-state index contributed by atoms with van der Waals surface area (Å²) in [4.78, 5) is 0. The Hall–Kier alpha value is -1.90. The fraction of sp³-hybridized carbons (Fsp3) is 0.364. The quantitative estimate of drug-likeness (QED) is 0.632. The number of hydrogen-bond donors (Lipinski definition) is 1. The first kappa shape index (κ1) is 18.4. The Morgan fingerprint density at radius 2 is 1.50 bits per heavy atom. The van der Waals surface area contributed by atoms with Crippen LogP contribution in [0.1, 0.15) is 43.5 Å². The summed E-state index contributed by atoms with van der Waals surface area (Å²) in [5.74, 6) is 0.516. The van der Waals surface area contributed by atoms with Crippen molar-refractivity contribution in [1.82, 2.24) is 5.32 Å². The van der Waals surface area contributed by atoms with E-state index in [0.29, 0.717) is 12.0 Å². The minimum Gasteiger partial charge on any atom is -0.375 e. The lowest BCUT2D eigenvalue weighted by Gasteiger charge is -2.33. The van der Waals surface area contributed by atoms with Crippen molar-refractivity contribution in [1.29, 1.82) is 0 Å². The van der Waals surface area contributed by atoms with Crippen LogP contribution in [-0.2, 0) is 4.74 Å². The molecule has 0 saturated carbocycles. The predicted octanol–water partition coefficient (Wildman–Crippen LogP) is 5.31. The molecule has 0 aliphatic carbocycles. The van der Waals surface area contributed by atoms with Gasteiger partial charge in [-0.25, -0.2) is 0 Å². The van der Waals surface area contributed by atoms with Crippen LogP contribution >= 0.6 is 0 Å². The molecule has 0 unspecified atom stereocenters. The summed E-state index contributed by atoms with van der Waals surface area (Å²) in [5, 5.41) is 3.82. The molecule has 0 bridgehead atoms. The maximum Gasteiger partial charge on any atom is 0.102 e. The van der Waals surface area contributed by atoms with Crippen molar-refractivity contribution in [2.45, 2.75) is 38.5 Å². The summed E-state index contributed by atoms with van der Waals surface area (Å²) >= 11 is 0. The first-order chi connectivity index (χ1) is 11.7. The molecule has 24 heavy (non-hydrogen) atoms. The van der Waals surface area contributed by atoms with E-state index in [0.717, 1.165) is 6.42 Å². The lowest BCUT2D eigenvalue weighted by atomic mass is 9.92. The molecule has 2 aromatic carbocycles. The molecular weight excluding hydrogens is 294 g/mol. The molecule has 0 aliphatic heterocycles. The maximum absolute atomic E-state index is 5.92. The average Bonchev–Trinajstić information content (AvgIpc) is 2.62. The van der Waals surface area contributed by atoms with E-state index in [-0.39, 0.29) is 12.1 Å². The number of benzene rings is 2. The molecule has 2 aromatic rings. The summed E-state index contributed by atoms with van der Waals surface area (Å²) in [6.07, 6.45) is 2.88. The van der Waals surface area contributed by atoms with Crippen LogP contribution in [-0.4, -0.2) is 13.2 Å². The van der Waals surface area contributed by atoms with Gasteiger partial charge in [-0.15, -0.1) is 6.58 Å². The Bertz CT molecular complexity index is 594. The third kappa shape index (κ3) is 4.80. The van der Waals surface area contributed by atoms with E-state index in [4.69, 9.17) is 4.74 Å². The Morgan fingerprint density at radius 3 is 1.96 bits per heavy atom. The highest BCUT2D eigenvalue weighted by atomic mass is 16.5. The van der Waals surface area contributed by atoms with Crippen molar-refractivity contribution < 1.29 is 4.74 Å². The lowest BCUT2D eigenvalue weighted by molar-refractivity contribution is 0.0605. The third-order valence-electron chi connectivity index (χ3n) is 4.46. The van der Waals surface area contributed by atoms with Gasteiger partial charge in [0.25, 0.3) is 0 Å². The molecule has 0 amide bonds. The Morgan fingerprint density at radius 1 is 0.958 bits per heavy atom. The van der Waals surface area contributed by atoms with Gasteiger partial charge in [0.1, 0.15) is 6.10 Å². The molecule has 0 heterocycles. The van der Waals surface area contributed by atoms with Gasteiger partial charge in [-0.1, -0.05) is 80.6 Å². The monoisotopic (exact) mass is 323 g/mol. The van der Waals surface area contributed by atoms with Gasteiger partial charge in [0, 0.05) is 13.2 Å². The second-order valence-electron chi connectivity index (χ2n) is 6.50. The smallest absolute Gasteiger partial charge is 0.102 e. The van der Waals surface area contributed by atoms with E-state index in [1.807, 2.05) is 12.1 Å². The predicted molar refractivity (Wildman–Crippen MR) is 102 cm³/mol. The first-order valence-corrected chi connectivity index (χ1v) is 8.67. The second kappa shape index (κ2) is 9.41.